The Morgan fingerprint density at radius 2 is 2.25 bits per heavy atom. The number of aliphatic hydroxyl groups excluding tert-OH is 1. The molecule has 1 atom stereocenters. The van der Waals surface area contributed by atoms with E-state index in [1.165, 1.54) is 0 Å². The van der Waals surface area contributed by atoms with Crippen LogP contribution in [-0.2, 0) is 6.42 Å². The SMILES string of the molecule is COc1cc2c(c(N(C)C)c1)OC(CO)C2. The first-order chi connectivity index (χ1) is 7.65. The van der Waals surface area contributed by atoms with Crippen LogP contribution in [0.3, 0.4) is 0 Å². The number of rotatable bonds is 3. The highest BCUT2D eigenvalue weighted by Gasteiger charge is 2.26. The van der Waals surface area contributed by atoms with Crippen LogP contribution in [0.25, 0.3) is 0 Å². The zero-order valence-corrected chi connectivity index (χ0v) is 9.86. The third-order valence-electron chi connectivity index (χ3n) is 2.77. The molecule has 0 amide bonds. The molecule has 1 N–H and O–H groups in total. The first-order valence-electron chi connectivity index (χ1n) is 5.31. The van der Waals surface area contributed by atoms with E-state index in [0.29, 0.717) is 0 Å². The van der Waals surface area contributed by atoms with Gasteiger partial charge < -0.3 is 19.5 Å². The molecule has 0 saturated heterocycles. The molecule has 0 spiro atoms. The number of anilines is 1. The summed E-state index contributed by atoms with van der Waals surface area (Å²) >= 11 is 0. The fourth-order valence-corrected chi connectivity index (χ4v) is 1.94. The molecule has 0 radical (unpaired) electrons. The van der Waals surface area contributed by atoms with Gasteiger partial charge in [0.1, 0.15) is 17.6 Å². The van der Waals surface area contributed by atoms with Crippen LogP contribution >= 0.6 is 0 Å². The van der Waals surface area contributed by atoms with E-state index in [0.717, 1.165) is 29.2 Å². The fraction of sp³-hybridized carbons (Fsp3) is 0.500. The van der Waals surface area contributed by atoms with Gasteiger partial charge in [-0.05, 0) is 6.07 Å². The molecule has 2 rings (SSSR count). The minimum Gasteiger partial charge on any atom is -0.497 e. The Hall–Kier alpha value is -1.42. The molecule has 0 bridgehead atoms. The number of aliphatic hydroxyl groups is 1. The van der Waals surface area contributed by atoms with Crippen molar-refractivity contribution in [2.75, 3.05) is 32.7 Å². The molecular weight excluding hydrogens is 206 g/mol. The normalized spacial score (nSPS) is 17.9. The Bertz CT molecular complexity index is 390. The summed E-state index contributed by atoms with van der Waals surface area (Å²) in [5.74, 6) is 1.69. The van der Waals surface area contributed by atoms with Crippen molar-refractivity contribution in [2.24, 2.45) is 0 Å². The lowest BCUT2D eigenvalue weighted by molar-refractivity contribution is 0.135. The maximum absolute atomic E-state index is 9.12. The van der Waals surface area contributed by atoms with Crippen molar-refractivity contribution in [1.29, 1.82) is 0 Å². The smallest absolute Gasteiger partial charge is 0.146 e. The molecule has 16 heavy (non-hydrogen) atoms. The van der Waals surface area contributed by atoms with Crippen molar-refractivity contribution < 1.29 is 14.6 Å². The Balaban J connectivity index is 2.43. The number of fused-ring (bicyclic) bond motifs is 1. The van der Waals surface area contributed by atoms with Crippen LogP contribution in [-0.4, -0.2) is 39.0 Å². The van der Waals surface area contributed by atoms with Crippen LogP contribution in [0, 0.1) is 0 Å². The Kier molecular flexibility index (Phi) is 2.92. The van der Waals surface area contributed by atoms with Crippen LogP contribution in [0.5, 0.6) is 11.5 Å². The van der Waals surface area contributed by atoms with Crippen molar-refractivity contribution in [3.8, 4) is 11.5 Å². The molecule has 0 saturated carbocycles. The predicted molar refractivity (Wildman–Crippen MR) is 62.5 cm³/mol. The summed E-state index contributed by atoms with van der Waals surface area (Å²) in [6.45, 7) is 0.0455. The number of nitrogens with zero attached hydrogens (tertiary/aromatic N) is 1. The zero-order chi connectivity index (χ0) is 11.7. The third kappa shape index (κ3) is 1.80. The molecule has 0 aromatic heterocycles. The molecule has 1 aliphatic rings. The molecule has 88 valence electrons. The molecule has 0 aliphatic carbocycles. The Labute approximate surface area is 95.4 Å². The molecule has 1 aliphatic heterocycles. The zero-order valence-electron chi connectivity index (χ0n) is 9.86. The summed E-state index contributed by atoms with van der Waals surface area (Å²) in [4.78, 5) is 1.99. The summed E-state index contributed by atoms with van der Waals surface area (Å²) in [5, 5.41) is 9.12. The number of hydrogen-bond donors (Lipinski definition) is 1. The van der Waals surface area contributed by atoms with Gasteiger partial charge in [-0.3, -0.25) is 0 Å². The lowest BCUT2D eigenvalue weighted by Gasteiger charge is -2.18. The van der Waals surface area contributed by atoms with E-state index < -0.39 is 0 Å². The van der Waals surface area contributed by atoms with Gasteiger partial charge in [-0.1, -0.05) is 0 Å². The second kappa shape index (κ2) is 4.22. The van der Waals surface area contributed by atoms with E-state index in [1.54, 1.807) is 7.11 Å². The van der Waals surface area contributed by atoms with Crippen molar-refractivity contribution in [3.05, 3.63) is 17.7 Å². The van der Waals surface area contributed by atoms with E-state index in [4.69, 9.17) is 14.6 Å². The van der Waals surface area contributed by atoms with Crippen LogP contribution in [0.1, 0.15) is 5.56 Å². The standard InChI is InChI=1S/C12H17NO3/c1-13(2)11-6-9(15-3)4-8-5-10(7-14)16-12(8)11/h4,6,10,14H,5,7H2,1-3H3. The maximum Gasteiger partial charge on any atom is 0.146 e. The molecule has 1 heterocycles. The van der Waals surface area contributed by atoms with Gasteiger partial charge in [0.05, 0.1) is 19.4 Å². The first-order valence-corrected chi connectivity index (χ1v) is 5.31. The first kappa shape index (κ1) is 11.1. The quantitative estimate of drug-likeness (QED) is 0.832. The summed E-state index contributed by atoms with van der Waals surface area (Å²) < 4.78 is 11.0. The largest absolute Gasteiger partial charge is 0.497 e. The summed E-state index contributed by atoms with van der Waals surface area (Å²) in [5.41, 5.74) is 2.09. The minimum absolute atomic E-state index is 0.0455. The van der Waals surface area contributed by atoms with Gasteiger partial charge >= 0.3 is 0 Å². The minimum atomic E-state index is -0.124. The number of methoxy groups -OCH3 is 1. The second-order valence-corrected chi connectivity index (χ2v) is 4.16. The molecule has 1 unspecified atom stereocenters. The van der Waals surface area contributed by atoms with Crippen molar-refractivity contribution in [2.45, 2.75) is 12.5 Å². The molecule has 4 nitrogen and oxygen atoms in total. The molecule has 4 heteroatoms. The fourth-order valence-electron chi connectivity index (χ4n) is 1.94. The Morgan fingerprint density at radius 3 is 2.81 bits per heavy atom. The lowest BCUT2D eigenvalue weighted by atomic mass is 10.1. The molecule has 0 fully saturated rings. The number of ether oxygens (including phenoxy) is 2. The van der Waals surface area contributed by atoms with E-state index in [-0.39, 0.29) is 12.7 Å². The van der Waals surface area contributed by atoms with Crippen LogP contribution in [0.4, 0.5) is 5.69 Å². The molecule has 1 aromatic carbocycles. The highest BCUT2D eigenvalue weighted by Crippen LogP contribution is 2.40. The van der Waals surface area contributed by atoms with Crippen LogP contribution < -0.4 is 14.4 Å². The van der Waals surface area contributed by atoms with Crippen LogP contribution in [0.2, 0.25) is 0 Å². The predicted octanol–water partition coefficient (Wildman–Crippen LogP) is 1.06. The monoisotopic (exact) mass is 223 g/mol. The average molecular weight is 223 g/mol. The van der Waals surface area contributed by atoms with Crippen molar-refractivity contribution >= 4 is 5.69 Å². The van der Waals surface area contributed by atoms with E-state index in [9.17, 15) is 0 Å². The summed E-state index contributed by atoms with van der Waals surface area (Å²) in [6.07, 6.45) is 0.616. The number of hydrogen-bond acceptors (Lipinski definition) is 4. The summed E-state index contributed by atoms with van der Waals surface area (Å²) in [7, 11) is 5.58. The lowest BCUT2D eigenvalue weighted by Crippen LogP contribution is -2.18. The van der Waals surface area contributed by atoms with Gasteiger partial charge in [-0.2, -0.15) is 0 Å². The van der Waals surface area contributed by atoms with Gasteiger partial charge in [0, 0.05) is 32.1 Å². The molecule has 1 aromatic rings. The highest BCUT2D eigenvalue weighted by atomic mass is 16.5. The topological polar surface area (TPSA) is 41.9 Å². The average Bonchev–Trinajstić information content (AvgIpc) is 2.69. The van der Waals surface area contributed by atoms with Gasteiger partial charge in [0.15, 0.2) is 0 Å². The highest BCUT2D eigenvalue weighted by molar-refractivity contribution is 5.66. The van der Waals surface area contributed by atoms with Gasteiger partial charge in [0.2, 0.25) is 0 Å². The van der Waals surface area contributed by atoms with E-state index >= 15 is 0 Å². The number of benzene rings is 1. The van der Waals surface area contributed by atoms with E-state index in [1.807, 2.05) is 31.1 Å². The molecular formula is C12H17NO3. The van der Waals surface area contributed by atoms with Crippen LogP contribution in [0.15, 0.2) is 12.1 Å². The van der Waals surface area contributed by atoms with Gasteiger partial charge in [-0.25, -0.2) is 0 Å². The maximum atomic E-state index is 9.12. The second-order valence-electron chi connectivity index (χ2n) is 4.16. The summed E-state index contributed by atoms with van der Waals surface area (Å²) in [6, 6.07) is 3.91. The van der Waals surface area contributed by atoms with Crippen molar-refractivity contribution in [1.82, 2.24) is 0 Å². The van der Waals surface area contributed by atoms with E-state index in [2.05, 4.69) is 0 Å². The third-order valence-corrected chi connectivity index (χ3v) is 2.77. The Morgan fingerprint density at radius 1 is 1.50 bits per heavy atom. The van der Waals surface area contributed by atoms with Gasteiger partial charge in [0.25, 0.3) is 0 Å². The van der Waals surface area contributed by atoms with Crippen molar-refractivity contribution in [3.63, 3.8) is 0 Å². The van der Waals surface area contributed by atoms with Gasteiger partial charge in [-0.15, -0.1) is 0 Å².